The highest BCUT2D eigenvalue weighted by Crippen LogP contribution is 2.67. The zero-order valence-electron chi connectivity index (χ0n) is 12.5. The monoisotopic (exact) mass is 249 g/mol. The van der Waals surface area contributed by atoms with Crippen LogP contribution in [-0.2, 0) is 13.1 Å². The number of aryl methyl sites for hydroxylation is 1. The van der Waals surface area contributed by atoms with E-state index in [0.29, 0.717) is 10.8 Å². The van der Waals surface area contributed by atoms with Crippen LogP contribution in [0.3, 0.4) is 0 Å². The molecule has 3 heteroatoms. The van der Waals surface area contributed by atoms with Crippen LogP contribution in [0.1, 0.15) is 46.6 Å². The van der Waals surface area contributed by atoms with Gasteiger partial charge in [0.05, 0.1) is 6.20 Å². The topological polar surface area (TPSA) is 29.9 Å². The Morgan fingerprint density at radius 3 is 2.50 bits per heavy atom. The van der Waals surface area contributed by atoms with Gasteiger partial charge in [-0.15, -0.1) is 0 Å². The van der Waals surface area contributed by atoms with E-state index in [0.717, 1.165) is 32.0 Å². The summed E-state index contributed by atoms with van der Waals surface area (Å²) < 4.78 is 2.03. The Kier molecular flexibility index (Phi) is 3.54. The molecule has 3 nitrogen and oxygen atoms in total. The first-order chi connectivity index (χ1) is 8.39. The molecule has 0 unspecified atom stereocenters. The van der Waals surface area contributed by atoms with Crippen molar-refractivity contribution in [3.63, 3.8) is 0 Å². The SMILES string of the molecule is CCCn1cc(CNCC2C(C)(C)C2(C)C)cn1. The molecule has 1 saturated carbocycles. The van der Waals surface area contributed by atoms with E-state index in [2.05, 4.69) is 51.2 Å². The highest BCUT2D eigenvalue weighted by atomic mass is 15.3. The summed E-state index contributed by atoms with van der Waals surface area (Å²) >= 11 is 0. The summed E-state index contributed by atoms with van der Waals surface area (Å²) in [5, 5.41) is 7.93. The van der Waals surface area contributed by atoms with Crippen molar-refractivity contribution in [3.05, 3.63) is 18.0 Å². The highest BCUT2D eigenvalue weighted by Gasteiger charge is 2.63. The molecule has 18 heavy (non-hydrogen) atoms. The van der Waals surface area contributed by atoms with Gasteiger partial charge in [0.1, 0.15) is 0 Å². The van der Waals surface area contributed by atoms with Crippen LogP contribution in [0.25, 0.3) is 0 Å². The first kappa shape index (κ1) is 13.6. The molecule has 0 aromatic carbocycles. The van der Waals surface area contributed by atoms with Crippen molar-refractivity contribution in [3.8, 4) is 0 Å². The van der Waals surface area contributed by atoms with Crippen LogP contribution >= 0.6 is 0 Å². The molecular formula is C15H27N3. The molecule has 1 aliphatic carbocycles. The molecule has 1 aromatic heterocycles. The molecule has 1 aliphatic rings. The van der Waals surface area contributed by atoms with E-state index in [1.165, 1.54) is 5.56 Å². The van der Waals surface area contributed by atoms with Gasteiger partial charge in [0, 0.05) is 24.8 Å². The van der Waals surface area contributed by atoms with E-state index < -0.39 is 0 Å². The van der Waals surface area contributed by atoms with Crippen molar-refractivity contribution in [2.75, 3.05) is 6.54 Å². The van der Waals surface area contributed by atoms with Crippen LogP contribution in [0.5, 0.6) is 0 Å². The first-order valence-electron chi connectivity index (χ1n) is 7.11. The van der Waals surface area contributed by atoms with E-state index in [1.807, 2.05) is 10.9 Å². The van der Waals surface area contributed by atoms with E-state index in [9.17, 15) is 0 Å². The molecule has 1 fully saturated rings. The normalized spacial score (nSPS) is 21.2. The lowest BCUT2D eigenvalue weighted by Gasteiger charge is -2.04. The molecule has 0 saturated heterocycles. The molecule has 102 valence electrons. The summed E-state index contributed by atoms with van der Waals surface area (Å²) in [6, 6.07) is 0. The minimum atomic E-state index is 0.479. The van der Waals surface area contributed by atoms with Crippen molar-refractivity contribution in [2.24, 2.45) is 16.7 Å². The van der Waals surface area contributed by atoms with Gasteiger partial charge in [-0.3, -0.25) is 4.68 Å². The third-order valence-electron chi connectivity index (χ3n) is 5.14. The second kappa shape index (κ2) is 4.69. The number of hydrogen-bond acceptors (Lipinski definition) is 2. The number of nitrogens with one attached hydrogen (secondary N) is 1. The lowest BCUT2D eigenvalue weighted by molar-refractivity contribution is 0.457. The average Bonchev–Trinajstić information content (AvgIpc) is 2.67. The van der Waals surface area contributed by atoms with Gasteiger partial charge in [0.15, 0.2) is 0 Å². The molecule has 0 bridgehead atoms. The second-order valence-electron chi connectivity index (χ2n) is 6.74. The van der Waals surface area contributed by atoms with Crippen LogP contribution in [0, 0.1) is 16.7 Å². The van der Waals surface area contributed by atoms with Gasteiger partial charge in [0.2, 0.25) is 0 Å². The van der Waals surface area contributed by atoms with Gasteiger partial charge in [-0.25, -0.2) is 0 Å². The molecule has 0 atom stereocenters. The third-order valence-corrected chi connectivity index (χ3v) is 5.14. The highest BCUT2D eigenvalue weighted by molar-refractivity contribution is 5.13. The van der Waals surface area contributed by atoms with E-state index in [1.54, 1.807) is 0 Å². The Morgan fingerprint density at radius 2 is 1.94 bits per heavy atom. The molecule has 0 aliphatic heterocycles. The van der Waals surface area contributed by atoms with Crippen LogP contribution in [0.15, 0.2) is 12.4 Å². The van der Waals surface area contributed by atoms with E-state index in [4.69, 9.17) is 0 Å². The summed E-state index contributed by atoms with van der Waals surface area (Å²) in [4.78, 5) is 0. The fourth-order valence-electron chi connectivity index (χ4n) is 3.05. The van der Waals surface area contributed by atoms with E-state index >= 15 is 0 Å². The summed E-state index contributed by atoms with van der Waals surface area (Å²) in [5.41, 5.74) is 2.25. The zero-order valence-corrected chi connectivity index (χ0v) is 12.5. The van der Waals surface area contributed by atoms with Crippen LogP contribution in [0.4, 0.5) is 0 Å². The lowest BCUT2D eigenvalue weighted by Crippen LogP contribution is -2.18. The average molecular weight is 249 g/mol. The lowest BCUT2D eigenvalue weighted by atomic mass is 10.0. The molecule has 0 spiro atoms. The predicted molar refractivity (Wildman–Crippen MR) is 75.3 cm³/mol. The minimum Gasteiger partial charge on any atom is -0.312 e. The number of nitrogens with zero attached hydrogens (tertiary/aromatic N) is 2. The van der Waals surface area contributed by atoms with E-state index in [-0.39, 0.29) is 0 Å². The second-order valence-corrected chi connectivity index (χ2v) is 6.74. The summed E-state index contributed by atoms with van der Waals surface area (Å²) in [6.45, 7) is 14.7. The standard InChI is InChI=1S/C15H27N3/c1-6-7-18-11-12(9-17-18)8-16-10-13-14(2,3)15(13,4)5/h9,11,13,16H,6-8,10H2,1-5H3. The van der Waals surface area contributed by atoms with Gasteiger partial charge in [0.25, 0.3) is 0 Å². The van der Waals surface area contributed by atoms with Gasteiger partial charge >= 0.3 is 0 Å². The maximum atomic E-state index is 4.35. The summed E-state index contributed by atoms with van der Waals surface area (Å²) in [5.74, 6) is 0.788. The Bertz CT molecular complexity index is 390. The largest absolute Gasteiger partial charge is 0.312 e. The zero-order chi connectivity index (χ0) is 13.4. The Morgan fingerprint density at radius 1 is 1.28 bits per heavy atom. The Hall–Kier alpha value is -0.830. The summed E-state index contributed by atoms with van der Waals surface area (Å²) in [7, 11) is 0. The number of rotatable bonds is 6. The van der Waals surface area contributed by atoms with Crippen molar-refractivity contribution < 1.29 is 0 Å². The molecule has 1 heterocycles. The maximum Gasteiger partial charge on any atom is 0.0534 e. The molecule has 0 amide bonds. The molecule has 1 N–H and O–H groups in total. The van der Waals surface area contributed by atoms with Gasteiger partial charge in [-0.05, 0) is 29.7 Å². The fraction of sp³-hybridized carbons (Fsp3) is 0.800. The van der Waals surface area contributed by atoms with Crippen molar-refractivity contribution in [1.29, 1.82) is 0 Å². The Labute approximate surface area is 111 Å². The third kappa shape index (κ3) is 2.33. The summed E-state index contributed by atoms with van der Waals surface area (Å²) in [6.07, 6.45) is 5.27. The first-order valence-corrected chi connectivity index (χ1v) is 7.11. The minimum absolute atomic E-state index is 0.479. The Balaban J connectivity index is 1.76. The van der Waals surface area contributed by atoms with Crippen LogP contribution < -0.4 is 5.32 Å². The van der Waals surface area contributed by atoms with Crippen LogP contribution in [-0.4, -0.2) is 16.3 Å². The predicted octanol–water partition coefficient (Wildman–Crippen LogP) is 3.06. The van der Waals surface area contributed by atoms with Crippen molar-refractivity contribution in [1.82, 2.24) is 15.1 Å². The smallest absolute Gasteiger partial charge is 0.0534 e. The number of aromatic nitrogens is 2. The molecule has 1 aromatic rings. The van der Waals surface area contributed by atoms with Gasteiger partial charge in [-0.1, -0.05) is 34.6 Å². The van der Waals surface area contributed by atoms with Crippen molar-refractivity contribution in [2.45, 2.75) is 54.1 Å². The maximum absolute atomic E-state index is 4.35. The van der Waals surface area contributed by atoms with Gasteiger partial charge < -0.3 is 5.32 Å². The quantitative estimate of drug-likeness (QED) is 0.839. The number of hydrogen-bond donors (Lipinski definition) is 1. The molecule has 2 rings (SSSR count). The van der Waals surface area contributed by atoms with Crippen LogP contribution in [0.2, 0.25) is 0 Å². The molecule has 0 radical (unpaired) electrons. The van der Waals surface area contributed by atoms with Crippen molar-refractivity contribution >= 4 is 0 Å². The molecular weight excluding hydrogens is 222 g/mol. The van der Waals surface area contributed by atoms with Gasteiger partial charge in [-0.2, -0.15) is 5.10 Å². The fourth-order valence-corrected chi connectivity index (χ4v) is 3.05.